The van der Waals surface area contributed by atoms with E-state index in [4.69, 9.17) is 9.97 Å². The Morgan fingerprint density at radius 2 is 2.15 bits per heavy atom. The van der Waals surface area contributed by atoms with Crippen LogP contribution in [0.4, 0.5) is 10.9 Å². The fraction of sp³-hybridized carbons (Fsp3) is 0.368. The van der Waals surface area contributed by atoms with Crippen LogP contribution in [0.2, 0.25) is 0 Å². The highest BCUT2D eigenvalue weighted by Crippen LogP contribution is 2.37. The van der Waals surface area contributed by atoms with Crippen molar-refractivity contribution in [2.45, 2.75) is 38.8 Å². The van der Waals surface area contributed by atoms with Crippen molar-refractivity contribution >= 4 is 22.3 Å². The Kier molecular flexibility index (Phi) is 4.90. The number of hydrogen-bond acceptors (Lipinski definition) is 7. The summed E-state index contributed by atoms with van der Waals surface area (Å²) in [6.07, 6.45) is 5.86. The number of anilines is 2. The largest absolute Gasteiger partial charge is 0.316 e. The zero-order valence-corrected chi connectivity index (χ0v) is 15.8. The first-order valence-electron chi connectivity index (χ1n) is 8.89. The van der Waals surface area contributed by atoms with Crippen molar-refractivity contribution in [3.63, 3.8) is 0 Å². The average Bonchev–Trinajstić information content (AvgIpc) is 3.33. The third-order valence-electron chi connectivity index (χ3n) is 4.74. The number of thiazole rings is 1. The highest BCUT2D eigenvalue weighted by Gasteiger charge is 2.33. The fourth-order valence-corrected chi connectivity index (χ4v) is 4.06. The second-order valence-electron chi connectivity index (χ2n) is 6.54. The van der Waals surface area contributed by atoms with Gasteiger partial charge in [0.1, 0.15) is 11.6 Å². The monoisotopic (exact) mass is 366 g/mol. The van der Waals surface area contributed by atoms with Crippen molar-refractivity contribution < 1.29 is 0 Å². The topological polar surface area (TPSA) is 66.8 Å². The van der Waals surface area contributed by atoms with Crippen molar-refractivity contribution in [3.8, 4) is 0 Å². The van der Waals surface area contributed by atoms with Crippen LogP contribution >= 0.6 is 11.3 Å². The van der Waals surface area contributed by atoms with E-state index in [-0.39, 0.29) is 12.1 Å². The van der Waals surface area contributed by atoms with Gasteiger partial charge in [0.2, 0.25) is 0 Å². The molecule has 2 atom stereocenters. The third kappa shape index (κ3) is 3.59. The molecule has 1 fully saturated rings. The summed E-state index contributed by atoms with van der Waals surface area (Å²) in [5, 5.41) is 6.09. The van der Waals surface area contributed by atoms with Gasteiger partial charge in [0.15, 0.2) is 5.13 Å². The van der Waals surface area contributed by atoms with Gasteiger partial charge in [-0.05, 0) is 45.4 Å². The summed E-state index contributed by atoms with van der Waals surface area (Å²) in [6.45, 7) is 5.26. The predicted octanol–water partition coefficient (Wildman–Crippen LogP) is 4.28. The molecule has 1 aliphatic heterocycles. The molecule has 6 nitrogen and oxygen atoms in total. The molecule has 0 aromatic carbocycles. The molecule has 3 aromatic heterocycles. The van der Waals surface area contributed by atoms with Gasteiger partial charge in [-0.3, -0.25) is 9.88 Å². The Hall–Kier alpha value is -2.38. The maximum Gasteiger partial charge on any atom is 0.188 e. The molecule has 7 heteroatoms. The molecule has 0 aliphatic carbocycles. The van der Waals surface area contributed by atoms with Crippen LogP contribution in [0.15, 0.2) is 42.0 Å². The molecular formula is C19H22N6S. The van der Waals surface area contributed by atoms with E-state index in [1.807, 2.05) is 36.7 Å². The van der Waals surface area contributed by atoms with E-state index >= 15 is 0 Å². The zero-order valence-electron chi connectivity index (χ0n) is 15.0. The summed E-state index contributed by atoms with van der Waals surface area (Å²) >= 11 is 1.56. The minimum atomic E-state index is 0.212. The Morgan fingerprint density at radius 3 is 2.92 bits per heavy atom. The van der Waals surface area contributed by atoms with Gasteiger partial charge in [-0.25, -0.2) is 15.0 Å². The van der Waals surface area contributed by atoms with Gasteiger partial charge < -0.3 is 5.32 Å². The van der Waals surface area contributed by atoms with Gasteiger partial charge in [-0.1, -0.05) is 6.07 Å². The first-order chi connectivity index (χ1) is 12.7. The summed E-state index contributed by atoms with van der Waals surface area (Å²) in [5.74, 6) is 1.68. The smallest absolute Gasteiger partial charge is 0.188 e. The van der Waals surface area contributed by atoms with E-state index in [2.05, 4.69) is 33.2 Å². The van der Waals surface area contributed by atoms with Crippen LogP contribution in [0, 0.1) is 6.92 Å². The highest BCUT2D eigenvalue weighted by molar-refractivity contribution is 7.13. The van der Waals surface area contributed by atoms with Crippen LogP contribution in [0.3, 0.4) is 0 Å². The van der Waals surface area contributed by atoms with Crippen molar-refractivity contribution in [3.05, 3.63) is 59.3 Å². The van der Waals surface area contributed by atoms with E-state index in [1.165, 1.54) is 0 Å². The van der Waals surface area contributed by atoms with Gasteiger partial charge in [0.05, 0.1) is 11.7 Å². The quantitative estimate of drug-likeness (QED) is 0.727. The number of aromatic nitrogens is 4. The summed E-state index contributed by atoms with van der Waals surface area (Å²) in [7, 11) is 0. The number of likely N-dealkylation sites (tertiary alicyclic amines) is 1. The molecule has 1 unspecified atom stereocenters. The van der Waals surface area contributed by atoms with Crippen LogP contribution in [0.1, 0.15) is 49.1 Å². The molecular weight excluding hydrogens is 344 g/mol. The second kappa shape index (κ2) is 7.47. The standard InChI is InChI=1S/C19H22N6S/c1-13-12-17(24-19-21-9-11-26-19)23-18(22-13)16-7-5-10-25(16)14(2)15-6-3-4-8-20-15/h3-4,6,8-9,11-12,14,16H,5,7,10H2,1-2H3,(H,21,22,23,24)/t14-,16?/m1/s1. The first kappa shape index (κ1) is 17.1. The van der Waals surface area contributed by atoms with Gasteiger partial charge in [0.25, 0.3) is 0 Å². The summed E-state index contributed by atoms with van der Waals surface area (Å²) < 4.78 is 0. The summed E-state index contributed by atoms with van der Waals surface area (Å²) in [6, 6.07) is 8.51. The van der Waals surface area contributed by atoms with Crippen LogP contribution < -0.4 is 5.32 Å². The van der Waals surface area contributed by atoms with Crippen molar-refractivity contribution in [1.82, 2.24) is 24.8 Å². The minimum absolute atomic E-state index is 0.212. The molecule has 1 aliphatic rings. The molecule has 1 N–H and O–H groups in total. The average molecular weight is 366 g/mol. The van der Waals surface area contributed by atoms with Crippen LogP contribution in [-0.2, 0) is 0 Å². The highest BCUT2D eigenvalue weighted by atomic mass is 32.1. The maximum atomic E-state index is 4.80. The lowest BCUT2D eigenvalue weighted by Crippen LogP contribution is -2.28. The molecule has 0 saturated carbocycles. The van der Waals surface area contributed by atoms with Gasteiger partial charge in [-0.2, -0.15) is 0 Å². The number of hydrogen-bond donors (Lipinski definition) is 1. The van der Waals surface area contributed by atoms with E-state index in [0.717, 1.165) is 47.5 Å². The number of nitrogens with one attached hydrogen (secondary N) is 1. The molecule has 0 spiro atoms. The Bertz CT molecular complexity index is 852. The molecule has 0 bridgehead atoms. The third-order valence-corrected chi connectivity index (χ3v) is 5.43. The number of rotatable bonds is 5. The Labute approximate surface area is 157 Å². The predicted molar refractivity (Wildman–Crippen MR) is 103 cm³/mol. The van der Waals surface area contributed by atoms with Crippen LogP contribution in [0.5, 0.6) is 0 Å². The van der Waals surface area contributed by atoms with Gasteiger partial charge in [-0.15, -0.1) is 11.3 Å². The molecule has 0 amide bonds. The van der Waals surface area contributed by atoms with Gasteiger partial charge in [0, 0.05) is 35.6 Å². The first-order valence-corrected chi connectivity index (χ1v) is 9.77. The SMILES string of the molecule is Cc1cc(Nc2nccs2)nc(C2CCCN2[C@H](C)c2ccccn2)n1. The molecule has 26 heavy (non-hydrogen) atoms. The Balaban J connectivity index is 1.60. The molecule has 134 valence electrons. The van der Waals surface area contributed by atoms with Gasteiger partial charge >= 0.3 is 0 Å². The van der Waals surface area contributed by atoms with Crippen molar-refractivity contribution in [1.29, 1.82) is 0 Å². The molecule has 4 rings (SSSR count). The van der Waals surface area contributed by atoms with E-state index in [1.54, 1.807) is 17.5 Å². The minimum Gasteiger partial charge on any atom is -0.316 e. The van der Waals surface area contributed by atoms with E-state index in [0.29, 0.717) is 0 Å². The van der Waals surface area contributed by atoms with Crippen molar-refractivity contribution in [2.75, 3.05) is 11.9 Å². The lowest BCUT2D eigenvalue weighted by Gasteiger charge is -2.29. The van der Waals surface area contributed by atoms with Crippen LogP contribution in [-0.4, -0.2) is 31.4 Å². The molecule has 0 radical (unpaired) electrons. The normalized spacial score (nSPS) is 18.8. The number of pyridine rings is 1. The molecule has 3 aromatic rings. The Morgan fingerprint density at radius 1 is 1.23 bits per heavy atom. The second-order valence-corrected chi connectivity index (χ2v) is 7.44. The molecule has 4 heterocycles. The maximum absolute atomic E-state index is 4.80. The lowest BCUT2D eigenvalue weighted by molar-refractivity contribution is 0.184. The summed E-state index contributed by atoms with van der Waals surface area (Å²) in [5.41, 5.74) is 2.06. The number of nitrogens with zero attached hydrogens (tertiary/aromatic N) is 5. The molecule has 1 saturated heterocycles. The van der Waals surface area contributed by atoms with Crippen LogP contribution in [0.25, 0.3) is 0 Å². The number of aryl methyl sites for hydroxylation is 1. The zero-order chi connectivity index (χ0) is 17.9. The van der Waals surface area contributed by atoms with E-state index in [9.17, 15) is 0 Å². The fourth-order valence-electron chi connectivity index (χ4n) is 3.52. The van der Waals surface area contributed by atoms with Crippen molar-refractivity contribution in [2.24, 2.45) is 0 Å². The summed E-state index contributed by atoms with van der Waals surface area (Å²) in [4.78, 5) is 20.8. The lowest BCUT2D eigenvalue weighted by atomic mass is 10.1. The van der Waals surface area contributed by atoms with E-state index < -0.39 is 0 Å².